The summed E-state index contributed by atoms with van der Waals surface area (Å²) in [6.45, 7) is 6.75. The van der Waals surface area contributed by atoms with Gasteiger partial charge in [-0.2, -0.15) is 0 Å². The topological polar surface area (TPSA) is 157 Å². The quantitative estimate of drug-likeness (QED) is 0.197. The predicted octanol–water partition coefficient (Wildman–Crippen LogP) is 3.51. The number of imidazole rings is 2. The van der Waals surface area contributed by atoms with Crippen molar-refractivity contribution >= 4 is 63.0 Å². The first-order valence-corrected chi connectivity index (χ1v) is 21.8. The number of imide groups is 1. The average Bonchev–Trinajstić information content (AvgIpc) is 3.54. The number of carbonyl (C=O) groups excluding carboxylic acids is 3. The lowest BCUT2D eigenvalue weighted by molar-refractivity contribution is -0.135. The second kappa shape index (κ2) is 14.3. The number of halogens is 1. The molecule has 2 saturated carbocycles. The van der Waals surface area contributed by atoms with Gasteiger partial charge in [0.2, 0.25) is 11.8 Å². The third-order valence-electron chi connectivity index (χ3n) is 14.6. The number of rotatable bonds is 8. The molecule has 1 spiro atoms. The molecule has 61 heavy (non-hydrogen) atoms. The Morgan fingerprint density at radius 2 is 1.69 bits per heavy atom. The molecule has 3 amide bonds. The summed E-state index contributed by atoms with van der Waals surface area (Å²) in [7, 11) is 3.58. The smallest absolute Gasteiger partial charge is 0.329 e. The van der Waals surface area contributed by atoms with E-state index in [0.29, 0.717) is 29.9 Å². The van der Waals surface area contributed by atoms with E-state index < -0.39 is 24.2 Å². The number of benzene rings is 2. The zero-order valence-corrected chi connectivity index (χ0v) is 34.6. The third-order valence-corrected chi connectivity index (χ3v) is 14.6. The van der Waals surface area contributed by atoms with E-state index in [2.05, 4.69) is 70.9 Å². The molecule has 4 aliphatic heterocycles. The Hall–Kier alpha value is -5.97. The monoisotopic (exact) mass is 830 g/mol. The molecule has 17 heteroatoms. The minimum atomic E-state index is -0.994. The third kappa shape index (κ3) is 6.33. The molecule has 0 radical (unpaired) electrons. The van der Waals surface area contributed by atoms with Crippen molar-refractivity contribution in [3.63, 3.8) is 0 Å². The van der Waals surface area contributed by atoms with Crippen LogP contribution >= 0.6 is 0 Å². The van der Waals surface area contributed by atoms with E-state index in [1.54, 1.807) is 20.7 Å². The van der Waals surface area contributed by atoms with Crippen molar-refractivity contribution in [3.05, 3.63) is 70.4 Å². The molecule has 16 nitrogen and oxygen atoms in total. The molecular formula is C44H51FN12O4. The Labute approximate surface area is 351 Å². The van der Waals surface area contributed by atoms with E-state index >= 15 is 0 Å². The van der Waals surface area contributed by atoms with Crippen LogP contribution in [-0.4, -0.2) is 117 Å². The molecule has 11 rings (SSSR count). The first-order chi connectivity index (χ1) is 29.6. The standard InChI is InChI=1S/C44H51FN12O4/c1-46-31-22-38(50-57-37(25-47-40(31)57)42(60)48-30-21-29(30)45)55-13-10-28-32(4-3-5-33(28)55)54-18-16-53(17-19-54)27-23-44(24-27)11-14-52(15-12-44)26-6-7-34-36(20-26)51(2)43(61)56(34)35-8-9-39(58)49-41(35)59/h3-7,20,22,25,27,29-30,35,46H,8-19,21,23-24H2,1-2H3,(H,48,60)(H,49,58,59)/t29-,30+,35?/m0/s1. The second-order valence-electron chi connectivity index (χ2n) is 18.0. The summed E-state index contributed by atoms with van der Waals surface area (Å²) in [5.41, 5.74) is 8.07. The van der Waals surface area contributed by atoms with Gasteiger partial charge in [0.05, 0.1) is 29.0 Å². The summed E-state index contributed by atoms with van der Waals surface area (Å²) >= 11 is 0. The van der Waals surface area contributed by atoms with Gasteiger partial charge in [0.25, 0.3) is 5.91 Å². The van der Waals surface area contributed by atoms with Crippen molar-refractivity contribution in [2.24, 2.45) is 12.5 Å². The van der Waals surface area contributed by atoms with Crippen LogP contribution in [0.5, 0.6) is 0 Å². The predicted molar refractivity (Wildman–Crippen MR) is 230 cm³/mol. The Balaban J connectivity index is 0.717. The zero-order chi connectivity index (χ0) is 41.7. The highest BCUT2D eigenvalue weighted by Crippen LogP contribution is 2.52. The molecule has 7 heterocycles. The summed E-state index contributed by atoms with van der Waals surface area (Å²) in [5.74, 6) is -0.364. The maximum Gasteiger partial charge on any atom is 0.329 e. The number of amides is 3. The molecule has 2 aromatic carbocycles. The van der Waals surface area contributed by atoms with Crippen molar-refractivity contribution in [2.75, 3.05) is 72.9 Å². The van der Waals surface area contributed by atoms with Crippen LogP contribution in [0.4, 0.5) is 33.0 Å². The van der Waals surface area contributed by atoms with Crippen LogP contribution in [0.15, 0.2) is 53.5 Å². The van der Waals surface area contributed by atoms with Crippen molar-refractivity contribution < 1.29 is 18.8 Å². The van der Waals surface area contributed by atoms with E-state index in [1.165, 1.54) is 30.3 Å². The molecule has 5 aromatic rings. The molecule has 3 atom stereocenters. The fourth-order valence-corrected chi connectivity index (χ4v) is 10.9. The van der Waals surface area contributed by atoms with Gasteiger partial charge in [-0.3, -0.25) is 33.7 Å². The van der Waals surface area contributed by atoms with Crippen LogP contribution in [0.25, 0.3) is 16.7 Å². The summed E-state index contributed by atoms with van der Waals surface area (Å²) < 4.78 is 18.3. The van der Waals surface area contributed by atoms with E-state index in [9.17, 15) is 23.6 Å². The Bertz CT molecular complexity index is 2670. The lowest BCUT2D eigenvalue weighted by atomic mass is 9.60. The van der Waals surface area contributed by atoms with E-state index in [4.69, 9.17) is 5.10 Å². The normalized spacial score (nSPS) is 24.0. The number of hydrogen-bond acceptors (Lipinski definition) is 11. The molecule has 6 aliphatic rings. The minimum absolute atomic E-state index is 0.223. The number of alkyl halides is 1. The fourth-order valence-electron chi connectivity index (χ4n) is 10.9. The van der Waals surface area contributed by atoms with Gasteiger partial charge in [-0.1, -0.05) is 6.07 Å². The van der Waals surface area contributed by atoms with Gasteiger partial charge in [0.1, 0.15) is 12.2 Å². The van der Waals surface area contributed by atoms with Crippen LogP contribution in [-0.2, 0) is 23.1 Å². The molecule has 3 saturated heterocycles. The van der Waals surface area contributed by atoms with Crippen molar-refractivity contribution in [2.45, 2.75) is 75.7 Å². The molecule has 5 fully saturated rings. The summed E-state index contributed by atoms with van der Waals surface area (Å²) in [5, 5.41) is 13.3. The minimum Gasteiger partial charge on any atom is -0.385 e. The maximum atomic E-state index is 13.6. The van der Waals surface area contributed by atoms with Gasteiger partial charge in [0.15, 0.2) is 17.2 Å². The average molecular weight is 831 g/mol. The molecule has 3 N–H and O–H groups in total. The second-order valence-corrected chi connectivity index (χ2v) is 18.0. The number of nitrogens with one attached hydrogen (secondary N) is 3. The Morgan fingerprint density at radius 3 is 2.43 bits per heavy atom. The lowest BCUT2D eigenvalue weighted by Gasteiger charge is -2.56. The molecule has 318 valence electrons. The van der Waals surface area contributed by atoms with Crippen molar-refractivity contribution in [3.8, 4) is 0 Å². The van der Waals surface area contributed by atoms with E-state index in [0.717, 1.165) is 99.0 Å². The van der Waals surface area contributed by atoms with Crippen LogP contribution in [0.3, 0.4) is 0 Å². The summed E-state index contributed by atoms with van der Waals surface area (Å²) in [4.78, 5) is 65.1. The van der Waals surface area contributed by atoms with E-state index in [1.807, 2.05) is 19.2 Å². The first-order valence-electron chi connectivity index (χ1n) is 21.8. The van der Waals surface area contributed by atoms with Gasteiger partial charge in [-0.05, 0) is 74.3 Å². The number of nitrogens with zero attached hydrogens (tertiary/aromatic N) is 9. The fraction of sp³-hybridized carbons (Fsp3) is 0.500. The van der Waals surface area contributed by atoms with Crippen LogP contribution in [0.2, 0.25) is 0 Å². The molecular weight excluding hydrogens is 780 g/mol. The number of anilines is 5. The SMILES string of the molecule is CNc1cc(N2CCc3c(N4CCN(C5CC6(CCN(c7ccc8c(c7)n(C)c(=O)n8C7CCC(=O)NC7=O)CC6)C5)CC4)cccc32)nn2c(C(=O)N[C@@H]3C[C@@H]3F)cnc12. The lowest BCUT2D eigenvalue weighted by Crippen LogP contribution is -2.59. The van der Waals surface area contributed by atoms with E-state index in [-0.39, 0.29) is 29.6 Å². The Kier molecular flexibility index (Phi) is 8.91. The largest absolute Gasteiger partial charge is 0.385 e. The van der Waals surface area contributed by atoms with Gasteiger partial charge in [-0.15, -0.1) is 5.10 Å². The number of aryl methyl sites for hydroxylation is 1. The van der Waals surface area contributed by atoms with Gasteiger partial charge in [-0.25, -0.2) is 18.7 Å². The molecule has 2 aliphatic carbocycles. The number of fused-ring (bicyclic) bond motifs is 3. The zero-order valence-electron chi connectivity index (χ0n) is 34.6. The van der Waals surface area contributed by atoms with Crippen LogP contribution < -0.4 is 36.3 Å². The number of hydrogen-bond donors (Lipinski definition) is 3. The van der Waals surface area contributed by atoms with Crippen LogP contribution in [0.1, 0.15) is 67.0 Å². The summed E-state index contributed by atoms with van der Waals surface area (Å²) in [6.07, 6.45) is 7.06. The summed E-state index contributed by atoms with van der Waals surface area (Å²) in [6, 6.07) is 14.1. The number of carbonyl (C=O) groups is 3. The molecule has 1 unspecified atom stereocenters. The van der Waals surface area contributed by atoms with Gasteiger partial charge in [0, 0.05) is 107 Å². The number of piperidine rings is 2. The van der Waals surface area contributed by atoms with Gasteiger partial charge >= 0.3 is 5.69 Å². The molecule has 0 bridgehead atoms. The molecule has 3 aromatic heterocycles. The first kappa shape index (κ1) is 38.0. The van der Waals surface area contributed by atoms with Crippen molar-refractivity contribution in [1.82, 2.24) is 39.3 Å². The highest BCUT2D eigenvalue weighted by molar-refractivity contribution is 6.00. The maximum absolute atomic E-state index is 13.6. The highest BCUT2D eigenvalue weighted by atomic mass is 19.1. The van der Waals surface area contributed by atoms with Gasteiger partial charge < -0.3 is 25.3 Å². The van der Waals surface area contributed by atoms with Crippen molar-refractivity contribution in [1.29, 1.82) is 0 Å². The number of aromatic nitrogens is 5. The highest BCUT2D eigenvalue weighted by Gasteiger charge is 2.48. The Morgan fingerprint density at radius 1 is 0.918 bits per heavy atom. The number of piperazine rings is 1. The van der Waals surface area contributed by atoms with Crippen LogP contribution in [0, 0.1) is 5.41 Å².